The smallest absolute Gasteiger partial charge is 0.160 e. The molecule has 2 rings (SSSR count). The molecule has 0 aromatic carbocycles. The molecule has 0 unspecified atom stereocenters. The molecule has 0 radical (unpaired) electrons. The lowest BCUT2D eigenvalue weighted by Crippen LogP contribution is -2.36. The van der Waals surface area contributed by atoms with Crippen LogP contribution in [0.3, 0.4) is 0 Å². The normalized spacial score (nSPS) is 16.1. The summed E-state index contributed by atoms with van der Waals surface area (Å²) in [5.74, 6) is 1.67. The molecule has 2 heterocycles. The van der Waals surface area contributed by atoms with E-state index in [0.717, 1.165) is 50.0 Å². The molecule has 1 aromatic heterocycles. The van der Waals surface area contributed by atoms with Crippen molar-refractivity contribution in [1.82, 2.24) is 10.3 Å². The average molecular weight is 277 g/mol. The second-order valence-corrected chi connectivity index (χ2v) is 5.64. The molecule has 1 N–H and O–H groups in total. The Kier molecular flexibility index (Phi) is 5.65. The van der Waals surface area contributed by atoms with E-state index in [-0.39, 0.29) is 0 Å². The van der Waals surface area contributed by atoms with Crippen molar-refractivity contribution in [1.29, 1.82) is 0 Å². The summed E-state index contributed by atoms with van der Waals surface area (Å²) in [6.45, 7) is 8.76. The Labute approximate surface area is 122 Å². The lowest BCUT2D eigenvalue weighted by molar-refractivity contribution is 0.369. The molecule has 1 aromatic rings. The van der Waals surface area contributed by atoms with Crippen LogP contribution in [-0.2, 0) is 0 Å². The van der Waals surface area contributed by atoms with E-state index in [2.05, 4.69) is 28.2 Å². The van der Waals surface area contributed by atoms with E-state index in [1.54, 1.807) is 7.11 Å². The highest BCUT2D eigenvalue weighted by Crippen LogP contribution is 2.29. The van der Waals surface area contributed by atoms with Crippen LogP contribution in [0.2, 0.25) is 0 Å². The first-order chi connectivity index (χ1) is 9.74. The Morgan fingerprint density at radius 2 is 2.15 bits per heavy atom. The summed E-state index contributed by atoms with van der Waals surface area (Å²) in [6, 6.07) is 2.15. The lowest BCUT2D eigenvalue weighted by Gasteiger charge is -2.32. The van der Waals surface area contributed by atoms with Crippen LogP contribution < -0.4 is 15.0 Å². The highest BCUT2D eigenvalue weighted by Gasteiger charge is 2.19. The van der Waals surface area contributed by atoms with E-state index in [1.807, 2.05) is 13.1 Å². The van der Waals surface area contributed by atoms with Crippen LogP contribution in [0.5, 0.6) is 5.75 Å². The Morgan fingerprint density at radius 3 is 2.80 bits per heavy atom. The van der Waals surface area contributed by atoms with E-state index >= 15 is 0 Å². The summed E-state index contributed by atoms with van der Waals surface area (Å²) in [5, 5.41) is 3.44. The van der Waals surface area contributed by atoms with E-state index < -0.39 is 0 Å². The van der Waals surface area contributed by atoms with Gasteiger partial charge in [-0.1, -0.05) is 6.92 Å². The first kappa shape index (κ1) is 15.1. The monoisotopic (exact) mass is 277 g/mol. The summed E-state index contributed by atoms with van der Waals surface area (Å²) in [7, 11) is 1.73. The van der Waals surface area contributed by atoms with Crippen LogP contribution in [0, 0.1) is 12.8 Å². The molecular formula is C16H27N3O. The Bertz CT molecular complexity index is 416. The fraction of sp³-hybridized carbons (Fsp3) is 0.688. The molecular weight excluding hydrogens is 250 g/mol. The van der Waals surface area contributed by atoms with Crippen LogP contribution in [0.4, 0.5) is 5.69 Å². The number of anilines is 1. The minimum absolute atomic E-state index is 0.779. The van der Waals surface area contributed by atoms with E-state index in [4.69, 9.17) is 4.74 Å². The minimum atomic E-state index is 0.779. The number of hydrogen-bond acceptors (Lipinski definition) is 4. The van der Waals surface area contributed by atoms with Gasteiger partial charge in [0.25, 0.3) is 0 Å². The summed E-state index contributed by atoms with van der Waals surface area (Å²) in [6.07, 6.45) is 5.53. The third-order valence-electron chi connectivity index (χ3n) is 3.97. The van der Waals surface area contributed by atoms with Crippen LogP contribution in [-0.4, -0.2) is 38.3 Å². The predicted octanol–water partition coefficient (Wildman–Crippen LogP) is 2.61. The van der Waals surface area contributed by atoms with Gasteiger partial charge in [0.2, 0.25) is 0 Å². The molecule has 0 amide bonds. The first-order valence-electron chi connectivity index (χ1n) is 7.71. The van der Waals surface area contributed by atoms with E-state index in [0.29, 0.717) is 0 Å². The molecule has 112 valence electrons. The van der Waals surface area contributed by atoms with Crippen molar-refractivity contribution in [3.8, 4) is 5.75 Å². The van der Waals surface area contributed by atoms with Crippen molar-refractivity contribution < 1.29 is 4.74 Å². The van der Waals surface area contributed by atoms with Gasteiger partial charge in [-0.25, -0.2) is 0 Å². The Morgan fingerprint density at radius 1 is 1.40 bits per heavy atom. The molecule has 1 aliphatic rings. The van der Waals surface area contributed by atoms with Gasteiger partial charge in [0.15, 0.2) is 5.75 Å². The topological polar surface area (TPSA) is 37.4 Å². The van der Waals surface area contributed by atoms with Gasteiger partial charge >= 0.3 is 0 Å². The maximum Gasteiger partial charge on any atom is 0.160 e. The SMILES string of the molecule is CCCN(CC1CCNCC1)c1cc(C)ncc1OC. The second-order valence-electron chi connectivity index (χ2n) is 5.64. The zero-order valence-electron chi connectivity index (χ0n) is 13.0. The minimum Gasteiger partial charge on any atom is -0.493 e. The van der Waals surface area contributed by atoms with Gasteiger partial charge in [-0.05, 0) is 51.3 Å². The van der Waals surface area contributed by atoms with E-state index in [9.17, 15) is 0 Å². The standard InChI is InChI=1S/C16H27N3O/c1-4-9-19(12-14-5-7-17-8-6-14)15-10-13(2)18-11-16(15)20-3/h10-11,14,17H,4-9,12H2,1-3H3. The van der Waals surface area contributed by atoms with Gasteiger partial charge < -0.3 is 15.0 Å². The Hall–Kier alpha value is -1.29. The second kappa shape index (κ2) is 7.48. The fourth-order valence-corrected chi connectivity index (χ4v) is 2.89. The number of nitrogens with one attached hydrogen (secondary N) is 1. The summed E-state index contributed by atoms with van der Waals surface area (Å²) >= 11 is 0. The number of piperidine rings is 1. The third-order valence-corrected chi connectivity index (χ3v) is 3.97. The van der Waals surface area contributed by atoms with Crippen molar-refractivity contribution in [2.24, 2.45) is 5.92 Å². The number of nitrogens with zero attached hydrogens (tertiary/aromatic N) is 2. The number of rotatable bonds is 6. The van der Waals surface area contributed by atoms with Crippen LogP contribution in [0.1, 0.15) is 31.9 Å². The lowest BCUT2D eigenvalue weighted by atomic mass is 9.97. The first-order valence-corrected chi connectivity index (χ1v) is 7.71. The van der Waals surface area contributed by atoms with Crippen LogP contribution in [0.15, 0.2) is 12.3 Å². The number of methoxy groups -OCH3 is 1. The van der Waals surface area contributed by atoms with Gasteiger partial charge in [-0.2, -0.15) is 0 Å². The van der Waals surface area contributed by atoms with Crippen molar-refractivity contribution >= 4 is 5.69 Å². The molecule has 20 heavy (non-hydrogen) atoms. The van der Waals surface area contributed by atoms with Gasteiger partial charge in [0.1, 0.15) is 0 Å². The van der Waals surface area contributed by atoms with Crippen LogP contribution >= 0.6 is 0 Å². The molecule has 0 bridgehead atoms. The number of pyridine rings is 1. The largest absolute Gasteiger partial charge is 0.493 e. The number of aryl methyl sites for hydroxylation is 1. The van der Waals surface area contributed by atoms with Gasteiger partial charge in [-0.15, -0.1) is 0 Å². The van der Waals surface area contributed by atoms with Crippen molar-refractivity contribution in [2.45, 2.75) is 33.1 Å². The molecule has 0 aliphatic carbocycles. The third kappa shape index (κ3) is 3.85. The van der Waals surface area contributed by atoms with Crippen molar-refractivity contribution in [2.75, 3.05) is 38.2 Å². The number of hydrogen-bond donors (Lipinski definition) is 1. The van der Waals surface area contributed by atoms with Gasteiger partial charge in [0.05, 0.1) is 19.0 Å². The highest BCUT2D eigenvalue weighted by atomic mass is 16.5. The van der Waals surface area contributed by atoms with Gasteiger partial charge in [-0.3, -0.25) is 4.98 Å². The Balaban J connectivity index is 2.16. The molecule has 1 fully saturated rings. The molecule has 0 spiro atoms. The summed E-state index contributed by atoms with van der Waals surface area (Å²) in [4.78, 5) is 6.81. The molecule has 4 nitrogen and oxygen atoms in total. The predicted molar refractivity (Wildman–Crippen MR) is 83.6 cm³/mol. The summed E-state index contributed by atoms with van der Waals surface area (Å²) < 4.78 is 5.50. The molecule has 4 heteroatoms. The van der Waals surface area contributed by atoms with E-state index in [1.165, 1.54) is 18.5 Å². The summed E-state index contributed by atoms with van der Waals surface area (Å²) in [5.41, 5.74) is 2.24. The number of aromatic nitrogens is 1. The number of ether oxygens (including phenoxy) is 1. The van der Waals surface area contributed by atoms with Crippen molar-refractivity contribution in [3.63, 3.8) is 0 Å². The molecule has 0 atom stereocenters. The van der Waals surface area contributed by atoms with Crippen molar-refractivity contribution in [3.05, 3.63) is 18.0 Å². The quantitative estimate of drug-likeness (QED) is 0.867. The zero-order valence-corrected chi connectivity index (χ0v) is 13.0. The molecule has 1 saturated heterocycles. The zero-order chi connectivity index (χ0) is 14.4. The fourth-order valence-electron chi connectivity index (χ4n) is 2.89. The average Bonchev–Trinajstić information content (AvgIpc) is 2.48. The molecule has 0 saturated carbocycles. The maximum absolute atomic E-state index is 5.50. The highest BCUT2D eigenvalue weighted by molar-refractivity contribution is 5.58. The molecule has 1 aliphatic heterocycles. The van der Waals surface area contributed by atoms with Crippen LogP contribution in [0.25, 0.3) is 0 Å². The maximum atomic E-state index is 5.50. The van der Waals surface area contributed by atoms with Gasteiger partial charge in [0, 0.05) is 18.8 Å².